The van der Waals surface area contributed by atoms with Gasteiger partial charge in [-0.15, -0.1) is 24.0 Å². The molecule has 0 bridgehead atoms. The average Bonchev–Trinajstić information content (AvgIpc) is 3.04. The summed E-state index contributed by atoms with van der Waals surface area (Å²) in [4.78, 5) is 6.86. The van der Waals surface area contributed by atoms with Crippen LogP contribution in [0.3, 0.4) is 0 Å². The number of morpholine rings is 1. The van der Waals surface area contributed by atoms with Crippen molar-refractivity contribution in [3.05, 3.63) is 35.4 Å². The molecular weight excluding hydrogens is 415 g/mol. The van der Waals surface area contributed by atoms with E-state index in [1.54, 1.807) is 0 Å². The summed E-state index contributed by atoms with van der Waals surface area (Å²) >= 11 is 0. The minimum absolute atomic E-state index is 0. The molecule has 2 aliphatic rings. The first-order valence-corrected chi connectivity index (χ1v) is 8.60. The van der Waals surface area contributed by atoms with Crippen LogP contribution in [0.25, 0.3) is 0 Å². The monoisotopic (exact) mass is 444 g/mol. The highest BCUT2D eigenvalue weighted by atomic mass is 127. The smallest absolute Gasteiger partial charge is 0.191 e. The summed E-state index contributed by atoms with van der Waals surface area (Å²) in [6.45, 7) is 6.82. The summed E-state index contributed by atoms with van der Waals surface area (Å²) in [6.07, 6.45) is 2.86. The number of ether oxygens (including phenoxy) is 1. The largest absolute Gasteiger partial charge is 0.373 e. The molecule has 6 heteroatoms. The first kappa shape index (κ1) is 19.5. The third-order valence-electron chi connectivity index (χ3n) is 4.76. The lowest BCUT2D eigenvalue weighted by Gasteiger charge is -2.35. The number of fused-ring (bicyclic) bond motifs is 1. The Morgan fingerprint density at radius 1 is 1.29 bits per heavy atom. The molecule has 0 amide bonds. The first-order valence-electron chi connectivity index (χ1n) is 8.60. The lowest BCUT2D eigenvalue weighted by Crippen LogP contribution is -2.51. The number of aliphatic imine (C=N–C) groups is 1. The average molecular weight is 444 g/mol. The number of aryl methyl sites for hydroxylation is 1. The van der Waals surface area contributed by atoms with Crippen molar-refractivity contribution < 1.29 is 4.74 Å². The normalized spacial score (nSPS) is 24.2. The lowest BCUT2D eigenvalue weighted by atomic mass is 10.1. The maximum Gasteiger partial charge on any atom is 0.191 e. The van der Waals surface area contributed by atoms with Crippen LogP contribution in [0.15, 0.2) is 29.3 Å². The molecule has 2 aliphatic heterocycles. The maximum atomic E-state index is 5.98. The molecule has 0 radical (unpaired) electrons. The third kappa shape index (κ3) is 5.32. The van der Waals surface area contributed by atoms with E-state index in [1.165, 1.54) is 30.5 Å². The first-order chi connectivity index (χ1) is 11.2. The number of benzene rings is 1. The molecule has 0 aliphatic carbocycles. The number of halogens is 1. The Kier molecular flexibility index (Phi) is 7.77. The van der Waals surface area contributed by atoms with E-state index in [0.717, 1.165) is 32.2 Å². The van der Waals surface area contributed by atoms with E-state index in [2.05, 4.69) is 51.7 Å². The van der Waals surface area contributed by atoms with Crippen LogP contribution in [-0.2, 0) is 11.3 Å². The van der Waals surface area contributed by atoms with Gasteiger partial charge in [0.15, 0.2) is 5.96 Å². The minimum Gasteiger partial charge on any atom is -0.373 e. The second-order valence-electron chi connectivity index (χ2n) is 6.54. The van der Waals surface area contributed by atoms with E-state index >= 15 is 0 Å². The van der Waals surface area contributed by atoms with E-state index in [0.29, 0.717) is 6.04 Å². The highest BCUT2D eigenvalue weighted by Gasteiger charge is 2.32. The van der Waals surface area contributed by atoms with Crippen molar-refractivity contribution in [2.75, 3.05) is 33.3 Å². The Morgan fingerprint density at radius 3 is 2.83 bits per heavy atom. The number of rotatable bonds is 4. The van der Waals surface area contributed by atoms with Gasteiger partial charge >= 0.3 is 0 Å². The number of hydrogen-bond acceptors (Lipinski definition) is 3. The lowest BCUT2D eigenvalue weighted by molar-refractivity contribution is -0.0453. The highest BCUT2D eigenvalue weighted by Crippen LogP contribution is 2.22. The molecule has 0 saturated carbocycles. The zero-order valence-corrected chi connectivity index (χ0v) is 17.0. The Balaban J connectivity index is 0.00000208. The molecule has 2 fully saturated rings. The van der Waals surface area contributed by atoms with Crippen LogP contribution in [0.4, 0.5) is 0 Å². The van der Waals surface area contributed by atoms with Gasteiger partial charge in [-0.3, -0.25) is 9.89 Å². The van der Waals surface area contributed by atoms with Crippen LogP contribution in [0.5, 0.6) is 0 Å². The van der Waals surface area contributed by atoms with Crippen molar-refractivity contribution in [3.63, 3.8) is 0 Å². The fourth-order valence-corrected chi connectivity index (χ4v) is 3.33. The Bertz CT molecular complexity index is 534. The van der Waals surface area contributed by atoms with Crippen LogP contribution in [0.1, 0.15) is 24.0 Å². The predicted molar refractivity (Wildman–Crippen MR) is 109 cm³/mol. The van der Waals surface area contributed by atoms with E-state index in [9.17, 15) is 0 Å². The standard InChI is InChI=1S/C18H28N4O.HI/c1-14-5-7-15(8-6-14)10-20-18(19-2)21-11-17-12-22-9-3-4-16(22)13-23-17;/h5-8,16-17H,3-4,9-13H2,1-2H3,(H2,19,20,21);1H. The molecule has 2 heterocycles. The third-order valence-corrected chi connectivity index (χ3v) is 4.76. The quantitative estimate of drug-likeness (QED) is 0.425. The molecule has 24 heavy (non-hydrogen) atoms. The molecule has 2 N–H and O–H groups in total. The summed E-state index contributed by atoms with van der Waals surface area (Å²) in [5.41, 5.74) is 2.54. The minimum atomic E-state index is 0. The van der Waals surface area contributed by atoms with Crippen LogP contribution in [0.2, 0.25) is 0 Å². The fraction of sp³-hybridized carbons (Fsp3) is 0.611. The fourth-order valence-electron chi connectivity index (χ4n) is 3.33. The number of nitrogens with zero attached hydrogens (tertiary/aromatic N) is 2. The van der Waals surface area contributed by atoms with Gasteiger partial charge in [0.1, 0.15) is 0 Å². The molecule has 2 unspecified atom stereocenters. The second kappa shape index (κ2) is 9.58. The number of nitrogens with one attached hydrogen (secondary N) is 2. The number of guanidine groups is 1. The van der Waals surface area contributed by atoms with Crippen LogP contribution >= 0.6 is 24.0 Å². The summed E-state index contributed by atoms with van der Waals surface area (Å²) in [5, 5.41) is 6.75. The van der Waals surface area contributed by atoms with Gasteiger partial charge in [0.2, 0.25) is 0 Å². The summed E-state index contributed by atoms with van der Waals surface area (Å²) in [7, 11) is 1.81. The van der Waals surface area contributed by atoms with Gasteiger partial charge in [-0.2, -0.15) is 0 Å². The molecule has 1 aromatic carbocycles. The summed E-state index contributed by atoms with van der Waals surface area (Å²) in [5.74, 6) is 0.831. The van der Waals surface area contributed by atoms with Crippen LogP contribution in [-0.4, -0.2) is 56.3 Å². The molecule has 3 rings (SSSR count). The summed E-state index contributed by atoms with van der Waals surface area (Å²) < 4.78 is 5.98. The molecule has 0 spiro atoms. The zero-order chi connectivity index (χ0) is 16.1. The van der Waals surface area contributed by atoms with Crippen LogP contribution < -0.4 is 10.6 Å². The van der Waals surface area contributed by atoms with Crippen molar-refractivity contribution in [2.24, 2.45) is 4.99 Å². The van der Waals surface area contributed by atoms with Gasteiger partial charge in [-0.05, 0) is 31.9 Å². The SMILES string of the molecule is CN=C(NCc1ccc(C)cc1)NCC1CN2CCCC2CO1.I. The van der Waals surface area contributed by atoms with E-state index < -0.39 is 0 Å². The molecule has 2 atom stereocenters. The van der Waals surface area contributed by atoms with Crippen molar-refractivity contribution in [2.45, 2.75) is 38.5 Å². The van der Waals surface area contributed by atoms with Gasteiger partial charge in [0, 0.05) is 32.7 Å². The van der Waals surface area contributed by atoms with E-state index in [-0.39, 0.29) is 30.1 Å². The van der Waals surface area contributed by atoms with E-state index in [4.69, 9.17) is 4.74 Å². The highest BCUT2D eigenvalue weighted by molar-refractivity contribution is 14.0. The molecule has 5 nitrogen and oxygen atoms in total. The maximum absolute atomic E-state index is 5.98. The zero-order valence-electron chi connectivity index (χ0n) is 14.6. The molecule has 0 aromatic heterocycles. The van der Waals surface area contributed by atoms with Gasteiger partial charge in [0.05, 0.1) is 12.7 Å². The Morgan fingerprint density at radius 2 is 2.08 bits per heavy atom. The van der Waals surface area contributed by atoms with Gasteiger partial charge < -0.3 is 15.4 Å². The molecule has 1 aromatic rings. The van der Waals surface area contributed by atoms with Gasteiger partial charge in [-0.25, -0.2) is 0 Å². The second-order valence-corrected chi connectivity index (χ2v) is 6.54. The predicted octanol–water partition coefficient (Wildman–Crippen LogP) is 2.14. The van der Waals surface area contributed by atoms with Crippen molar-refractivity contribution in [1.82, 2.24) is 15.5 Å². The van der Waals surface area contributed by atoms with Crippen molar-refractivity contribution >= 4 is 29.9 Å². The van der Waals surface area contributed by atoms with Crippen molar-refractivity contribution in [3.8, 4) is 0 Å². The summed E-state index contributed by atoms with van der Waals surface area (Å²) in [6, 6.07) is 9.22. The van der Waals surface area contributed by atoms with Gasteiger partial charge in [-0.1, -0.05) is 29.8 Å². The Labute approximate surface area is 162 Å². The van der Waals surface area contributed by atoms with Gasteiger partial charge in [0.25, 0.3) is 0 Å². The molecular formula is C18H29IN4O. The number of hydrogen-bond donors (Lipinski definition) is 2. The Hall–Kier alpha value is -0.860. The molecule has 2 saturated heterocycles. The van der Waals surface area contributed by atoms with Crippen LogP contribution in [0, 0.1) is 6.92 Å². The van der Waals surface area contributed by atoms with Crippen molar-refractivity contribution in [1.29, 1.82) is 0 Å². The van der Waals surface area contributed by atoms with E-state index in [1.807, 2.05) is 7.05 Å². The molecule has 134 valence electrons. The topological polar surface area (TPSA) is 48.9 Å².